The van der Waals surface area contributed by atoms with Crippen LogP contribution in [0.1, 0.15) is 13.8 Å². The van der Waals surface area contributed by atoms with Crippen LogP contribution < -0.4 is 15.0 Å². The summed E-state index contributed by atoms with van der Waals surface area (Å²) in [7, 11) is 1.63. The number of para-hydroxylation sites is 3. The second kappa shape index (κ2) is 9.57. The van der Waals surface area contributed by atoms with Crippen molar-refractivity contribution < 1.29 is 9.53 Å². The van der Waals surface area contributed by atoms with Crippen molar-refractivity contribution in [2.45, 2.75) is 24.2 Å². The molecular weight excluding hydrogens is 392 g/mol. The van der Waals surface area contributed by atoms with Gasteiger partial charge in [0.05, 0.1) is 18.6 Å². The van der Waals surface area contributed by atoms with Crippen molar-refractivity contribution in [1.82, 2.24) is 10.2 Å². The maximum atomic E-state index is 12.8. The number of anilines is 3. The monoisotopic (exact) mass is 414 g/mol. The summed E-state index contributed by atoms with van der Waals surface area (Å²) in [5.74, 6) is 1.08. The number of nitrogens with one attached hydrogen (secondary N) is 1. The standard InChI is InChI=1S/C20H22N4O2S2/c1-14(2)24(15-9-5-4-6-10-15)18(25)13-27-20-23-22-19(28-20)21-16-11-7-8-12-17(16)26-3/h4-12,14H,13H2,1-3H3,(H,21,22). The molecule has 0 bridgehead atoms. The largest absolute Gasteiger partial charge is 0.495 e. The molecular formula is C20H22N4O2S2. The molecule has 0 aliphatic carbocycles. The summed E-state index contributed by atoms with van der Waals surface area (Å²) in [6.07, 6.45) is 0. The highest BCUT2D eigenvalue weighted by atomic mass is 32.2. The number of benzene rings is 2. The van der Waals surface area contributed by atoms with E-state index >= 15 is 0 Å². The number of carbonyl (C=O) groups excluding carboxylic acids is 1. The van der Waals surface area contributed by atoms with E-state index in [0.29, 0.717) is 10.9 Å². The summed E-state index contributed by atoms with van der Waals surface area (Å²) in [6.45, 7) is 4.02. The minimum Gasteiger partial charge on any atom is -0.495 e. The van der Waals surface area contributed by atoms with Crippen LogP contribution >= 0.6 is 23.1 Å². The Morgan fingerprint density at radius 2 is 1.86 bits per heavy atom. The number of hydrogen-bond donors (Lipinski definition) is 1. The zero-order chi connectivity index (χ0) is 19.9. The van der Waals surface area contributed by atoms with Gasteiger partial charge in [-0.2, -0.15) is 0 Å². The Morgan fingerprint density at radius 1 is 1.14 bits per heavy atom. The van der Waals surface area contributed by atoms with Gasteiger partial charge < -0.3 is 15.0 Å². The molecule has 0 aliphatic rings. The first-order valence-electron chi connectivity index (χ1n) is 8.82. The Kier molecular flexibility index (Phi) is 6.89. The molecule has 1 N–H and O–H groups in total. The molecule has 28 heavy (non-hydrogen) atoms. The number of carbonyl (C=O) groups is 1. The van der Waals surface area contributed by atoms with Gasteiger partial charge in [-0.05, 0) is 38.1 Å². The van der Waals surface area contributed by atoms with Gasteiger partial charge in [0.15, 0.2) is 4.34 Å². The summed E-state index contributed by atoms with van der Waals surface area (Å²) in [5.41, 5.74) is 1.72. The zero-order valence-corrected chi connectivity index (χ0v) is 17.6. The predicted molar refractivity (Wildman–Crippen MR) is 116 cm³/mol. The van der Waals surface area contributed by atoms with Crippen molar-refractivity contribution in [3.05, 3.63) is 54.6 Å². The van der Waals surface area contributed by atoms with E-state index in [1.165, 1.54) is 23.1 Å². The van der Waals surface area contributed by atoms with Gasteiger partial charge in [0, 0.05) is 11.7 Å². The molecule has 0 fully saturated rings. The second-order valence-electron chi connectivity index (χ2n) is 6.18. The van der Waals surface area contributed by atoms with Crippen LogP contribution in [0.2, 0.25) is 0 Å². The molecule has 0 spiro atoms. The van der Waals surface area contributed by atoms with Crippen molar-refractivity contribution in [2.75, 3.05) is 23.1 Å². The van der Waals surface area contributed by atoms with Crippen molar-refractivity contribution in [3.8, 4) is 5.75 Å². The van der Waals surface area contributed by atoms with Crippen LogP contribution in [-0.4, -0.2) is 35.0 Å². The number of thioether (sulfide) groups is 1. The van der Waals surface area contributed by atoms with Gasteiger partial charge in [0.2, 0.25) is 11.0 Å². The van der Waals surface area contributed by atoms with Crippen LogP contribution in [0, 0.1) is 0 Å². The summed E-state index contributed by atoms with van der Waals surface area (Å²) in [6, 6.07) is 17.4. The summed E-state index contributed by atoms with van der Waals surface area (Å²) >= 11 is 2.80. The van der Waals surface area contributed by atoms with E-state index in [0.717, 1.165) is 21.5 Å². The number of methoxy groups -OCH3 is 1. The van der Waals surface area contributed by atoms with Crippen molar-refractivity contribution >= 4 is 45.5 Å². The quantitative estimate of drug-likeness (QED) is 0.533. The fourth-order valence-corrected chi connectivity index (χ4v) is 4.32. The lowest BCUT2D eigenvalue weighted by molar-refractivity contribution is -0.116. The number of hydrogen-bond acceptors (Lipinski definition) is 7. The Morgan fingerprint density at radius 3 is 2.57 bits per heavy atom. The lowest BCUT2D eigenvalue weighted by atomic mass is 10.2. The minimum atomic E-state index is 0.0423. The van der Waals surface area contributed by atoms with Crippen molar-refractivity contribution in [1.29, 1.82) is 0 Å². The van der Waals surface area contributed by atoms with Crippen LogP contribution in [0.25, 0.3) is 0 Å². The van der Waals surface area contributed by atoms with Crippen LogP contribution in [0.3, 0.4) is 0 Å². The van der Waals surface area contributed by atoms with Gasteiger partial charge in [0.1, 0.15) is 5.75 Å². The molecule has 1 heterocycles. The first-order valence-corrected chi connectivity index (χ1v) is 10.6. The average molecular weight is 415 g/mol. The highest BCUT2D eigenvalue weighted by Gasteiger charge is 2.19. The zero-order valence-electron chi connectivity index (χ0n) is 16.0. The molecule has 0 saturated carbocycles. The molecule has 0 unspecified atom stereocenters. The molecule has 0 atom stereocenters. The van der Waals surface area contributed by atoms with Gasteiger partial charge in [-0.1, -0.05) is 53.4 Å². The van der Waals surface area contributed by atoms with Crippen molar-refractivity contribution in [3.63, 3.8) is 0 Å². The van der Waals surface area contributed by atoms with Gasteiger partial charge >= 0.3 is 0 Å². The van der Waals surface area contributed by atoms with Crippen LogP contribution in [0.4, 0.5) is 16.5 Å². The van der Waals surface area contributed by atoms with Gasteiger partial charge in [-0.25, -0.2) is 0 Å². The first kappa shape index (κ1) is 20.2. The Balaban J connectivity index is 1.63. The van der Waals surface area contributed by atoms with E-state index in [4.69, 9.17) is 4.74 Å². The van der Waals surface area contributed by atoms with Crippen molar-refractivity contribution in [2.24, 2.45) is 0 Å². The molecule has 0 aliphatic heterocycles. The van der Waals surface area contributed by atoms with Gasteiger partial charge in [-0.15, -0.1) is 10.2 Å². The maximum Gasteiger partial charge on any atom is 0.237 e. The molecule has 1 aromatic heterocycles. The summed E-state index contributed by atoms with van der Waals surface area (Å²) < 4.78 is 6.07. The third-order valence-electron chi connectivity index (χ3n) is 3.89. The van der Waals surface area contributed by atoms with E-state index in [1.54, 1.807) is 7.11 Å². The molecule has 146 valence electrons. The van der Waals surface area contributed by atoms with E-state index in [9.17, 15) is 4.79 Å². The molecule has 0 radical (unpaired) electrons. The molecule has 3 aromatic rings. The predicted octanol–water partition coefficient (Wildman–Crippen LogP) is 4.82. The molecule has 3 rings (SSSR count). The fraction of sp³-hybridized carbons (Fsp3) is 0.250. The number of amides is 1. The highest BCUT2D eigenvalue weighted by molar-refractivity contribution is 8.01. The maximum absolute atomic E-state index is 12.8. The highest BCUT2D eigenvalue weighted by Crippen LogP contribution is 2.31. The molecule has 1 amide bonds. The second-order valence-corrected chi connectivity index (χ2v) is 8.38. The SMILES string of the molecule is COc1ccccc1Nc1nnc(SCC(=O)N(c2ccccc2)C(C)C)s1. The fourth-order valence-electron chi connectivity index (χ4n) is 2.69. The topological polar surface area (TPSA) is 67.3 Å². The van der Waals surface area contributed by atoms with Gasteiger partial charge in [0.25, 0.3) is 0 Å². The van der Waals surface area contributed by atoms with E-state index < -0.39 is 0 Å². The summed E-state index contributed by atoms with van der Waals surface area (Å²) in [4.78, 5) is 14.6. The van der Waals surface area contributed by atoms with Crippen LogP contribution in [0.5, 0.6) is 5.75 Å². The number of aromatic nitrogens is 2. The van der Waals surface area contributed by atoms with E-state index in [1.807, 2.05) is 73.3 Å². The lowest BCUT2D eigenvalue weighted by Crippen LogP contribution is -2.38. The number of nitrogens with zero attached hydrogens (tertiary/aromatic N) is 3. The van der Waals surface area contributed by atoms with E-state index in [2.05, 4.69) is 15.5 Å². The lowest BCUT2D eigenvalue weighted by Gasteiger charge is -2.26. The first-order chi connectivity index (χ1) is 13.6. The number of rotatable bonds is 8. The van der Waals surface area contributed by atoms with E-state index in [-0.39, 0.29) is 11.9 Å². The van der Waals surface area contributed by atoms with Crippen LogP contribution in [0.15, 0.2) is 58.9 Å². The number of ether oxygens (including phenoxy) is 1. The van der Waals surface area contributed by atoms with Gasteiger partial charge in [-0.3, -0.25) is 4.79 Å². The average Bonchev–Trinajstić information content (AvgIpc) is 3.15. The Hall–Kier alpha value is -2.58. The normalized spacial score (nSPS) is 10.7. The molecule has 8 heteroatoms. The third kappa shape index (κ3) is 5.02. The molecule has 6 nitrogen and oxygen atoms in total. The molecule has 2 aromatic carbocycles. The van der Waals surface area contributed by atoms with Crippen LogP contribution in [-0.2, 0) is 4.79 Å². The smallest absolute Gasteiger partial charge is 0.237 e. The minimum absolute atomic E-state index is 0.0423. The summed E-state index contributed by atoms with van der Waals surface area (Å²) in [5, 5.41) is 12.2. The molecule has 0 saturated heterocycles. The Bertz CT molecular complexity index is 915. The Labute approximate surface area is 172 Å². The third-order valence-corrected chi connectivity index (χ3v) is 5.85.